The quantitative estimate of drug-likeness (QED) is 0.721. The smallest absolute Gasteiger partial charge is 0.252 e. The first-order valence-electron chi connectivity index (χ1n) is 9.87. The minimum Gasteiger partial charge on any atom is -0.345 e. The molecule has 0 saturated carbocycles. The van der Waals surface area contributed by atoms with Crippen LogP contribution in [0.4, 0.5) is 4.39 Å². The summed E-state index contributed by atoms with van der Waals surface area (Å²) in [7, 11) is 0. The predicted molar refractivity (Wildman–Crippen MR) is 109 cm³/mol. The molecule has 5 heteroatoms. The zero-order valence-corrected chi connectivity index (χ0v) is 16.1. The second kappa shape index (κ2) is 6.69. The topological polar surface area (TPSA) is 49.4 Å². The Morgan fingerprint density at radius 1 is 0.931 bits per heavy atom. The molecule has 0 aromatic heterocycles. The molecule has 3 aromatic carbocycles. The molecule has 2 aliphatic rings. The molecule has 1 N–H and O–H groups in total. The van der Waals surface area contributed by atoms with Gasteiger partial charge in [0.2, 0.25) is 5.91 Å². The Bertz CT molecular complexity index is 1140. The van der Waals surface area contributed by atoms with Gasteiger partial charge in [0.15, 0.2) is 0 Å². The third-order valence-corrected chi connectivity index (χ3v) is 6.37. The van der Waals surface area contributed by atoms with Crippen LogP contribution < -0.4 is 5.32 Å². The van der Waals surface area contributed by atoms with Crippen LogP contribution in [0.15, 0.2) is 60.7 Å². The van der Waals surface area contributed by atoms with Crippen molar-refractivity contribution in [1.29, 1.82) is 0 Å². The van der Waals surface area contributed by atoms with Crippen LogP contribution in [0.25, 0.3) is 10.8 Å². The molecule has 0 spiro atoms. The number of nitrogens with zero attached hydrogens (tertiary/aromatic N) is 1. The number of rotatable bonds is 2. The van der Waals surface area contributed by atoms with E-state index in [1.165, 1.54) is 11.6 Å². The summed E-state index contributed by atoms with van der Waals surface area (Å²) in [5, 5.41) is 4.23. The lowest BCUT2D eigenvalue weighted by molar-refractivity contribution is -0.128. The van der Waals surface area contributed by atoms with E-state index >= 15 is 0 Å². The molecule has 0 bridgehead atoms. The summed E-state index contributed by atoms with van der Waals surface area (Å²) < 4.78 is 14.2. The molecular formula is C24H21FN2O2. The fourth-order valence-electron chi connectivity index (χ4n) is 4.98. The minimum atomic E-state index is -0.337. The molecule has 1 heterocycles. The molecule has 1 fully saturated rings. The van der Waals surface area contributed by atoms with Gasteiger partial charge in [0.05, 0.1) is 6.04 Å². The number of halogens is 1. The fraction of sp³-hybridized carbons (Fsp3) is 0.250. The van der Waals surface area contributed by atoms with E-state index < -0.39 is 0 Å². The SMILES string of the molecule is CC(=O)N1C[C@H]2[C@@H](C1)c1ccccc1[C@@H]2NC(=O)c1ccc(F)c2ccccc12. The molecule has 0 unspecified atom stereocenters. The van der Waals surface area contributed by atoms with Gasteiger partial charge in [-0.2, -0.15) is 0 Å². The highest BCUT2D eigenvalue weighted by molar-refractivity contribution is 6.07. The summed E-state index contributed by atoms with van der Waals surface area (Å²) in [5.74, 6) is -0.122. The van der Waals surface area contributed by atoms with Gasteiger partial charge in [-0.15, -0.1) is 0 Å². The van der Waals surface area contributed by atoms with Crippen molar-refractivity contribution in [3.8, 4) is 0 Å². The molecule has 1 aliphatic carbocycles. The van der Waals surface area contributed by atoms with Crippen LogP contribution >= 0.6 is 0 Å². The van der Waals surface area contributed by atoms with E-state index in [4.69, 9.17) is 0 Å². The summed E-state index contributed by atoms with van der Waals surface area (Å²) in [4.78, 5) is 27.0. The molecule has 3 aromatic rings. The largest absolute Gasteiger partial charge is 0.345 e. The lowest BCUT2D eigenvalue weighted by Crippen LogP contribution is -2.34. The van der Waals surface area contributed by atoms with Gasteiger partial charge in [-0.05, 0) is 28.6 Å². The summed E-state index contributed by atoms with van der Waals surface area (Å²) in [6.45, 7) is 2.90. The van der Waals surface area contributed by atoms with E-state index in [1.807, 2.05) is 17.0 Å². The Labute approximate surface area is 168 Å². The first kappa shape index (κ1) is 17.9. The monoisotopic (exact) mass is 388 g/mol. The van der Waals surface area contributed by atoms with Crippen molar-refractivity contribution in [2.24, 2.45) is 5.92 Å². The van der Waals surface area contributed by atoms with Crippen molar-refractivity contribution in [2.75, 3.05) is 13.1 Å². The molecule has 1 saturated heterocycles. The zero-order valence-electron chi connectivity index (χ0n) is 16.1. The highest BCUT2D eigenvalue weighted by Crippen LogP contribution is 2.49. The fourth-order valence-corrected chi connectivity index (χ4v) is 4.98. The molecular weight excluding hydrogens is 367 g/mol. The second-order valence-electron chi connectivity index (χ2n) is 7.91. The third kappa shape index (κ3) is 2.80. The molecule has 1 aliphatic heterocycles. The maximum Gasteiger partial charge on any atom is 0.252 e. The van der Waals surface area contributed by atoms with Crippen LogP contribution in [-0.2, 0) is 4.79 Å². The number of nitrogens with one attached hydrogen (secondary N) is 1. The number of carbonyl (C=O) groups is 2. The highest BCUT2D eigenvalue weighted by Gasteiger charge is 2.47. The first-order chi connectivity index (χ1) is 14.0. The van der Waals surface area contributed by atoms with Crippen molar-refractivity contribution in [2.45, 2.75) is 18.9 Å². The summed E-state index contributed by atoms with van der Waals surface area (Å²) in [5.41, 5.74) is 2.78. The van der Waals surface area contributed by atoms with E-state index in [0.717, 1.165) is 5.56 Å². The summed E-state index contributed by atoms with van der Waals surface area (Å²) in [6.07, 6.45) is 0. The normalized spacial score (nSPS) is 22.4. The van der Waals surface area contributed by atoms with Gasteiger partial charge in [-0.3, -0.25) is 9.59 Å². The van der Waals surface area contributed by atoms with E-state index in [1.54, 1.807) is 37.3 Å². The standard InChI is InChI=1S/C24H21FN2O2/c1-14(28)27-12-20-16-7-3-5-9-18(16)23(21(20)13-27)26-24(29)19-10-11-22(25)17-8-4-2-6-15(17)19/h2-11,20-21,23H,12-13H2,1H3,(H,26,29)/t20-,21-,23-/m0/s1. The van der Waals surface area contributed by atoms with Crippen LogP contribution in [0.1, 0.15) is 40.4 Å². The molecule has 146 valence electrons. The number of fused-ring (bicyclic) bond motifs is 4. The molecule has 4 nitrogen and oxygen atoms in total. The van der Waals surface area contributed by atoms with Gasteiger partial charge < -0.3 is 10.2 Å². The second-order valence-corrected chi connectivity index (χ2v) is 7.91. The Morgan fingerprint density at radius 2 is 1.62 bits per heavy atom. The van der Waals surface area contributed by atoms with Crippen LogP contribution in [0.2, 0.25) is 0 Å². The Morgan fingerprint density at radius 3 is 2.38 bits per heavy atom. The number of carbonyl (C=O) groups excluding carboxylic acids is 2. The Kier molecular flexibility index (Phi) is 4.12. The summed E-state index contributed by atoms with van der Waals surface area (Å²) >= 11 is 0. The lowest BCUT2D eigenvalue weighted by Gasteiger charge is -2.23. The van der Waals surface area contributed by atoms with Crippen LogP contribution in [0.5, 0.6) is 0 Å². The van der Waals surface area contributed by atoms with Gasteiger partial charge in [-0.25, -0.2) is 4.39 Å². The van der Waals surface area contributed by atoms with Crippen LogP contribution in [-0.4, -0.2) is 29.8 Å². The number of benzene rings is 3. The maximum absolute atomic E-state index is 14.2. The minimum absolute atomic E-state index is 0.0616. The van der Waals surface area contributed by atoms with Crippen LogP contribution in [0.3, 0.4) is 0 Å². The lowest BCUT2D eigenvalue weighted by atomic mass is 9.94. The van der Waals surface area contributed by atoms with Crippen molar-refractivity contribution in [3.63, 3.8) is 0 Å². The average molecular weight is 388 g/mol. The predicted octanol–water partition coefficient (Wildman–Crippen LogP) is 4.03. The first-order valence-corrected chi connectivity index (χ1v) is 9.87. The number of hydrogen-bond acceptors (Lipinski definition) is 2. The van der Waals surface area contributed by atoms with Crippen molar-refractivity contribution in [1.82, 2.24) is 10.2 Å². The van der Waals surface area contributed by atoms with Crippen molar-refractivity contribution >= 4 is 22.6 Å². The van der Waals surface area contributed by atoms with E-state index in [2.05, 4.69) is 17.4 Å². The molecule has 0 radical (unpaired) electrons. The highest BCUT2D eigenvalue weighted by atomic mass is 19.1. The third-order valence-electron chi connectivity index (χ3n) is 6.37. The molecule has 29 heavy (non-hydrogen) atoms. The Balaban J connectivity index is 1.51. The average Bonchev–Trinajstić information content (AvgIpc) is 3.28. The molecule has 5 rings (SSSR count). The molecule has 3 atom stereocenters. The van der Waals surface area contributed by atoms with Gasteiger partial charge >= 0.3 is 0 Å². The number of likely N-dealkylation sites (tertiary alicyclic amines) is 1. The molecule has 2 amide bonds. The van der Waals surface area contributed by atoms with E-state index in [9.17, 15) is 14.0 Å². The van der Waals surface area contributed by atoms with Crippen molar-refractivity contribution in [3.05, 3.63) is 83.2 Å². The maximum atomic E-state index is 14.2. The van der Waals surface area contributed by atoms with E-state index in [0.29, 0.717) is 29.4 Å². The van der Waals surface area contributed by atoms with Crippen LogP contribution in [0, 0.1) is 11.7 Å². The van der Waals surface area contributed by atoms with Crippen molar-refractivity contribution < 1.29 is 14.0 Å². The number of amides is 2. The number of hydrogen-bond donors (Lipinski definition) is 1. The van der Waals surface area contributed by atoms with Gasteiger partial charge in [0, 0.05) is 42.8 Å². The van der Waals surface area contributed by atoms with E-state index in [-0.39, 0.29) is 35.5 Å². The van der Waals surface area contributed by atoms with Gasteiger partial charge in [0.25, 0.3) is 5.91 Å². The van der Waals surface area contributed by atoms with Gasteiger partial charge in [0.1, 0.15) is 5.82 Å². The Hall–Kier alpha value is -3.21. The zero-order chi connectivity index (χ0) is 20.1. The summed E-state index contributed by atoms with van der Waals surface area (Å²) in [6, 6.07) is 17.9. The van der Waals surface area contributed by atoms with Gasteiger partial charge in [-0.1, -0.05) is 48.5 Å².